The molecule has 0 heterocycles. The fourth-order valence-corrected chi connectivity index (χ4v) is 4.18. The normalized spacial score (nSPS) is 12.1. The van der Waals surface area contributed by atoms with Crippen LogP contribution in [0.3, 0.4) is 0 Å². The minimum absolute atomic E-state index is 0.0589. The molecule has 190 valence electrons. The van der Waals surface area contributed by atoms with Crippen molar-refractivity contribution in [2.24, 2.45) is 5.41 Å². The molecular formula is C30H36FN3O2. The average molecular weight is 490 g/mol. The maximum absolute atomic E-state index is 14.0. The lowest BCUT2D eigenvalue weighted by molar-refractivity contribution is -0.117. The quantitative estimate of drug-likeness (QED) is 0.384. The van der Waals surface area contributed by atoms with Crippen LogP contribution in [0.5, 0.6) is 0 Å². The Hall–Kier alpha value is -3.67. The van der Waals surface area contributed by atoms with Gasteiger partial charge in [0.05, 0.1) is 6.04 Å². The van der Waals surface area contributed by atoms with Crippen LogP contribution in [-0.4, -0.2) is 30.8 Å². The molecule has 5 nitrogen and oxygen atoms in total. The molecule has 0 aromatic heterocycles. The molecule has 6 heteroatoms. The number of halogens is 1. The zero-order valence-corrected chi connectivity index (χ0v) is 22.0. The smallest absolute Gasteiger partial charge is 0.254 e. The molecule has 0 unspecified atom stereocenters. The van der Waals surface area contributed by atoms with E-state index in [9.17, 15) is 14.0 Å². The first-order valence-electron chi connectivity index (χ1n) is 12.2. The number of nitrogens with one attached hydrogen (secondary N) is 1. The molecule has 0 aliphatic carbocycles. The molecule has 1 N–H and O–H groups in total. The van der Waals surface area contributed by atoms with Gasteiger partial charge in [-0.25, -0.2) is 4.39 Å². The van der Waals surface area contributed by atoms with Crippen molar-refractivity contribution < 1.29 is 14.0 Å². The molecule has 0 saturated heterocycles. The fourth-order valence-electron chi connectivity index (χ4n) is 4.18. The Morgan fingerprint density at radius 2 is 1.64 bits per heavy atom. The molecule has 3 aromatic rings. The van der Waals surface area contributed by atoms with E-state index in [0.717, 1.165) is 16.8 Å². The Labute approximate surface area is 213 Å². The van der Waals surface area contributed by atoms with Gasteiger partial charge >= 0.3 is 0 Å². The standard InChI is InChI=1S/C30H36FN3O2/c1-21(22-11-8-7-9-12-22)34(29(36)23-13-10-14-25(31)17-23)20-24-18-26(15-16-27(24)33(5)6)32-28(35)19-30(2,3)4/h7-18,21H,19-20H2,1-6H3,(H,32,35)/t21-/m1/s1. The topological polar surface area (TPSA) is 52.7 Å². The van der Waals surface area contributed by atoms with Gasteiger partial charge in [-0.3, -0.25) is 9.59 Å². The Morgan fingerprint density at radius 1 is 0.944 bits per heavy atom. The van der Waals surface area contributed by atoms with Gasteiger partial charge in [-0.05, 0) is 59.9 Å². The molecule has 1 atom stereocenters. The summed E-state index contributed by atoms with van der Waals surface area (Å²) in [5, 5.41) is 3.00. The molecule has 0 fully saturated rings. The fraction of sp³-hybridized carbons (Fsp3) is 0.333. The summed E-state index contributed by atoms with van der Waals surface area (Å²) in [7, 11) is 3.88. The molecule has 0 radical (unpaired) electrons. The Kier molecular flexibility index (Phi) is 8.51. The summed E-state index contributed by atoms with van der Waals surface area (Å²) in [4.78, 5) is 30.0. The van der Waals surface area contributed by atoms with Gasteiger partial charge in [-0.15, -0.1) is 0 Å². The lowest BCUT2D eigenvalue weighted by atomic mass is 9.92. The van der Waals surface area contributed by atoms with E-state index in [1.165, 1.54) is 12.1 Å². The summed E-state index contributed by atoms with van der Waals surface area (Å²) in [5.74, 6) is -0.778. The minimum atomic E-state index is -0.453. The summed E-state index contributed by atoms with van der Waals surface area (Å²) >= 11 is 0. The Bertz CT molecular complexity index is 1200. The van der Waals surface area contributed by atoms with Crippen molar-refractivity contribution >= 4 is 23.2 Å². The van der Waals surface area contributed by atoms with E-state index in [4.69, 9.17) is 0 Å². The maximum atomic E-state index is 14.0. The molecule has 36 heavy (non-hydrogen) atoms. The Balaban J connectivity index is 2.00. The molecule has 3 rings (SSSR count). The number of rotatable bonds is 8. The van der Waals surface area contributed by atoms with Gasteiger partial charge in [0.25, 0.3) is 5.91 Å². The van der Waals surface area contributed by atoms with Crippen LogP contribution in [0.15, 0.2) is 72.8 Å². The summed E-state index contributed by atoms with van der Waals surface area (Å²) in [6.45, 7) is 8.31. The number of carbonyl (C=O) groups is 2. The van der Waals surface area contributed by atoms with Gasteiger partial charge in [0.1, 0.15) is 5.82 Å². The second-order valence-corrected chi connectivity index (χ2v) is 10.6. The summed E-state index contributed by atoms with van der Waals surface area (Å²) < 4.78 is 14.0. The summed E-state index contributed by atoms with van der Waals surface area (Å²) in [6, 6.07) is 21.0. The van der Waals surface area contributed by atoms with E-state index in [1.54, 1.807) is 17.0 Å². The van der Waals surface area contributed by atoms with E-state index >= 15 is 0 Å². The highest BCUT2D eigenvalue weighted by Crippen LogP contribution is 2.30. The van der Waals surface area contributed by atoms with Crippen molar-refractivity contribution in [3.8, 4) is 0 Å². The summed E-state index contributed by atoms with van der Waals surface area (Å²) in [5.41, 5.74) is 3.62. The van der Waals surface area contributed by atoms with Gasteiger partial charge in [-0.2, -0.15) is 0 Å². The predicted molar refractivity (Wildman–Crippen MR) is 145 cm³/mol. The van der Waals surface area contributed by atoms with E-state index in [1.807, 2.05) is 95.2 Å². The number of hydrogen-bond acceptors (Lipinski definition) is 3. The number of benzene rings is 3. The van der Waals surface area contributed by atoms with Crippen molar-refractivity contribution in [2.45, 2.75) is 46.7 Å². The van der Waals surface area contributed by atoms with E-state index in [-0.39, 0.29) is 29.8 Å². The summed E-state index contributed by atoms with van der Waals surface area (Å²) in [6.07, 6.45) is 0.396. The predicted octanol–water partition coefficient (Wildman–Crippen LogP) is 6.67. The highest BCUT2D eigenvalue weighted by Gasteiger charge is 2.25. The first-order valence-corrected chi connectivity index (χ1v) is 12.2. The average Bonchev–Trinajstić information content (AvgIpc) is 2.81. The lowest BCUT2D eigenvalue weighted by Gasteiger charge is -2.32. The first-order chi connectivity index (χ1) is 16.9. The molecule has 0 aliphatic heterocycles. The molecule has 0 saturated carbocycles. The van der Waals surface area contributed by atoms with Crippen molar-refractivity contribution in [3.63, 3.8) is 0 Å². The zero-order valence-electron chi connectivity index (χ0n) is 22.0. The number of carbonyl (C=O) groups excluding carboxylic acids is 2. The lowest BCUT2D eigenvalue weighted by Crippen LogP contribution is -2.34. The maximum Gasteiger partial charge on any atom is 0.254 e. The van der Waals surface area contributed by atoms with Gasteiger partial charge in [0, 0.05) is 44.0 Å². The third kappa shape index (κ3) is 7.17. The second kappa shape index (κ2) is 11.4. The third-order valence-corrected chi connectivity index (χ3v) is 5.96. The molecule has 0 spiro atoms. The number of hydrogen-bond donors (Lipinski definition) is 1. The van der Waals surface area contributed by atoms with Crippen molar-refractivity contribution in [1.82, 2.24) is 4.90 Å². The van der Waals surface area contributed by atoms with Gasteiger partial charge < -0.3 is 15.1 Å². The van der Waals surface area contributed by atoms with E-state index < -0.39 is 5.82 Å². The molecule has 2 amide bonds. The molecule has 0 bridgehead atoms. The van der Waals surface area contributed by atoms with Gasteiger partial charge in [0.2, 0.25) is 5.91 Å². The largest absolute Gasteiger partial charge is 0.377 e. The van der Waals surface area contributed by atoms with Crippen molar-refractivity contribution in [1.29, 1.82) is 0 Å². The van der Waals surface area contributed by atoms with Crippen LogP contribution in [0, 0.1) is 11.2 Å². The van der Waals surface area contributed by atoms with Gasteiger partial charge in [0.15, 0.2) is 0 Å². The number of amides is 2. The van der Waals surface area contributed by atoms with Crippen LogP contribution in [0.1, 0.15) is 61.6 Å². The zero-order chi connectivity index (χ0) is 26.5. The molecule has 0 aliphatic rings. The highest BCUT2D eigenvalue weighted by atomic mass is 19.1. The van der Waals surface area contributed by atoms with E-state index in [2.05, 4.69) is 5.32 Å². The minimum Gasteiger partial charge on any atom is -0.377 e. The van der Waals surface area contributed by atoms with Crippen molar-refractivity contribution in [3.05, 3.63) is 95.3 Å². The van der Waals surface area contributed by atoms with E-state index in [0.29, 0.717) is 17.7 Å². The molecule has 3 aromatic carbocycles. The van der Waals surface area contributed by atoms with Crippen LogP contribution in [0.25, 0.3) is 0 Å². The van der Waals surface area contributed by atoms with Crippen LogP contribution < -0.4 is 10.2 Å². The first kappa shape index (κ1) is 26.9. The Morgan fingerprint density at radius 3 is 2.25 bits per heavy atom. The van der Waals surface area contributed by atoms with Crippen LogP contribution in [0.2, 0.25) is 0 Å². The number of nitrogens with zero attached hydrogens (tertiary/aromatic N) is 2. The molecular weight excluding hydrogens is 453 g/mol. The third-order valence-electron chi connectivity index (χ3n) is 5.96. The second-order valence-electron chi connectivity index (χ2n) is 10.6. The monoisotopic (exact) mass is 489 g/mol. The highest BCUT2D eigenvalue weighted by molar-refractivity contribution is 5.95. The number of anilines is 2. The van der Waals surface area contributed by atoms with Crippen LogP contribution >= 0.6 is 0 Å². The van der Waals surface area contributed by atoms with Crippen molar-refractivity contribution in [2.75, 3.05) is 24.3 Å². The van der Waals surface area contributed by atoms with Crippen LogP contribution in [0.4, 0.5) is 15.8 Å². The SMILES string of the molecule is C[C@H](c1ccccc1)N(Cc1cc(NC(=O)CC(C)(C)C)ccc1N(C)C)C(=O)c1cccc(F)c1. The van der Waals surface area contributed by atoms with Gasteiger partial charge in [-0.1, -0.05) is 57.2 Å². The van der Waals surface area contributed by atoms with Crippen LogP contribution in [-0.2, 0) is 11.3 Å².